The Hall–Kier alpha value is -1.16. The first-order valence-corrected chi connectivity index (χ1v) is 7.64. The summed E-state index contributed by atoms with van der Waals surface area (Å²) in [4.78, 5) is 11.5. The van der Waals surface area contributed by atoms with E-state index >= 15 is 0 Å². The van der Waals surface area contributed by atoms with Crippen molar-refractivity contribution in [2.24, 2.45) is 0 Å². The van der Waals surface area contributed by atoms with Crippen LogP contribution in [-0.2, 0) is 0 Å². The standard InChI is InChI=1S/C14H22N2OS/c1-11-10-12(14(17)15-2)6-7-13(11)16-8-4-5-9-18-3/h6-7,10,16H,4-5,8-9H2,1-3H3,(H,15,17). The molecule has 0 saturated heterocycles. The Morgan fingerprint density at radius 3 is 2.72 bits per heavy atom. The van der Waals surface area contributed by atoms with Gasteiger partial charge in [-0.15, -0.1) is 0 Å². The number of thioether (sulfide) groups is 1. The SMILES string of the molecule is CNC(=O)c1ccc(NCCCCSC)c(C)c1. The van der Waals surface area contributed by atoms with Crippen LogP contribution in [-0.4, -0.2) is 31.5 Å². The Bertz CT molecular complexity index is 393. The molecule has 18 heavy (non-hydrogen) atoms. The average Bonchev–Trinajstić information content (AvgIpc) is 2.39. The second-order valence-electron chi connectivity index (χ2n) is 4.24. The van der Waals surface area contributed by atoms with E-state index in [-0.39, 0.29) is 5.91 Å². The maximum atomic E-state index is 11.5. The van der Waals surface area contributed by atoms with E-state index in [4.69, 9.17) is 0 Å². The van der Waals surface area contributed by atoms with Crippen molar-refractivity contribution in [3.8, 4) is 0 Å². The summed E-state index contributed by atoms with van der Waals surface area (Å²) < 4.78 is 0. The fourth-order valence-corrected chi connectivity index (χ4v) is 2.23. The van der Waals surface area contributed by atoms with Gasteiger partial charge in [-0.25, -0.2) is 0 Å². The van der Waals surface area contributed by atoms with E-state index < -0.39 is 0 Å². The number of unbranched alkanes of at least 4 members (excludes halogenated alkanes) is 1. The molecule has 0 saturated carbocycles. The lowest BCUT2D eigenvalue weighted by Gasteiger charge is -2.10. The number of anilines is 1. The zero-order valence-corrected chi connectivity index (χ0v) is 12.2. The van der Waals surface area contributed by atoms with Gasteiger partial charge in [0.25, 0.3) is 5.91 Å². The number of nitrogens with one attached hydrogen (secondary N) is 2. The van der Waals surface area contributed by atoms with E-state index in [1.54, 1.807) is 7.05 Å². The van der Waals surface area contributed by atoms with Gasteiger partial charge in [-0.2, -0.15) is 11.8 Å². The molecule has 0 heterocycles. The molecule has 0 aliphatic rings. The van der Waals surface area contributed by atoms with E-state index in [0.29, 0.717) is 5.56 Å². The van der Waals surface area contributed by atoms with Gasteiger partial charge >= 0.3 is 0 Å². The number of carbonyl (C=O) groups excluding carboxylic acids is 1. The topological polar surface area (TPSA) is 41.1 Å². The van der Waals surface area contributed by atoms with Crippen molar-refractivity contribution in [3.63, 3.8) is 0 Å². The molecular formula is C14H22N2OS. The van der Waals surface area contributed by atoms with E-state index in [0.717, 1.165) is 17.8 Å². The van der Waals surface area contributed by atoms with Crippen LogP contribution in [0.5, 0.6) is 0 Å². The number of benzene rings is 1. The molecule has 0 atom stereocenters. The fourth-order valence-electron chi connectivity index (χ4n) is 1.74. The Kier molecular flexibility index (Phi) is 6.65. The summed E-state index contributed by atoms with van der Waals surface area (Å²) in [5.74, 6) is 1.18. The summed E-state index contributed by atoms with van der Waals surface area (Å²) in [6.45, 7) is 3.01. The molecule has 1 aromatic rings. The predicted octanol–water partition coefficient (Wildman–Crippen LogP) is 2.91. The number of hydrogen-bond donors (Lipinski definition) is 2. The van der Waals surface area contributed by atoms with Crippen LogP contribution in [0, 0.1) is 6.92 Å². The Labute approximate surface area is 114 Å². The smallest absolute Gasteiger partial charge is 0.251 e. The summed E-state index contributed by atoms with van der Waals surface area (Å²) in [5, 5.41) is 6.05. The van der Waals surface area contributed by atoms with E-state index in [1.807, 2.05) is 36.9 Å². The van der Waals surface area contributed by atoms with Crippen LogP contribution in [0.3, 0.4) is 0 Å². The molecule has 1 amide bonds. The van der Waals surface area contributed by atoms with Crippen LogP contribution in [0.1, 0.15) is 28.8 Å². The lowest BCUT2D eigenvalue weighted by atomic mass is 10.1. The molecule has 0 unspecified atom stereocenters. The molecule has 0 bridgehead atoms. The van der Waals surface area contributed by atoms with Crippen molar-refractivity contribution in [1.29, 1.82) is 0 Å². The van der Waals surface area contributed by atoms with Gasteiger partial charge < -0.3 is 10.6 Å². The summed E-state index contributed by atoms with van der Waals surface area (Å²) in [7, 11) is 1.65. The number of aryl methyl sites for hydroxylation is 1. The van der Waals surface area contributed by atoms with Crippen molar-refractivity contribution in [1.82, 2.24) is 5.32 Å². The monoisotopic (exact) mass is 266 g/mol. The van der Waals surface area contributed by atoms with Crippen molar-refractivity contribution in [3.05, 3.63) is 29.3 Å². The maximum Gasteiger partial charge on any atom is 0.251 e. The van der Waals surface area contributed by atoms with Gasteiger partial charge in [0.05, 0.1) is 0 Å². The third-order valence-corrected chi connectivity index (χ3v) is 3.50. The second kappa shape index (κ2) is 8.03. The van der Waals surface area contributed by atoms with Gasteiger partial charge in [-0.1, -0.05) is 0 Å². The van der Waals surface area contributed by atoms with Crippen molar-refractivity contribution < 1.29 is 4.79 Å². The molecule has 0 radical (unpaired) electrons. The number of amides is 1. The lowest BCUT2D eigenvalue weighted by molar-refractivity contribution is 0.0963. The van der Waals surface area contributed by atoms with E-state index in [1.165, 1.54) is 18.6 Å². The van der Waals surface area contributed by atoms with Gasteiger partial charge in [-0.3, -0.25) is 4.79 Å². The first-order chi connectivity index (χ1) is 8.69. The third kappa shape index (κ3) is 4.61. The van der Waals surface area contributed by atoms with Crippen molar-refractivity contribution in [2.75, 3.05) is 30.9 Å². The summed E-state index contributed by atoms with van der Waals surface area (Å²) in [6, 6.07) is 5.76. The van der Waals surface area contributed by atoms with Crippen LogP contribution in [0.15, 0.2) is 18.2 Å². The van der Waals surface area contributed by atoms with Crippen LogP contribution in [0.2, 0.25) is 0 Å². The van der Waals surface area contributed by atoms with E-state index in [9.17, 15) is 4.79 Å². The normalized spacial score (nSPS) is 10.2. The molecule has 1 aromatic carbocycles. The molecule has 2 N–H and O–H groups in total. The van der Waals surface area contributed by atoms with Gasteiger partial charge in [-0.05, 0) is 55.5 Å². The largest absolute Gasteiger partial charge is 0.385 e. The quantitative estimate of drug-likeness (QED) is 0.746. The summed E-state index contributed by atoms with van der Waals surface area (Å²) in [5.41, 5.74) is 2.94. The molecule has 4 heteroatoms. The highest BCUT2D eigenvalue weighted by atomic mass is 32.2. The molecule has 1 rings (SSSR count). The average molecular weight is 266 g/mol. The number of hydrogen-bond acceptors (Lipinski definition) is 3. The van der Waals surface area contributed by atoms with Crippen LogP contribution < -0.4 is 10.6 Å². The summed E-state index contributed by atoms with van der Waals surface area (Å²) >= 11 is 1.89. The molecule has 100 valence electrons. The molecule has 0 aliphatic heterocycles. The van der Waals surface area contributed by atoms with Crippen molar-refractivity contribution >= 4 is 23.4 Å². The van der Waals surface area contributed by atoms with Gasteiger partial charge in [0, 0.05) is 24.8 Å². The minimum atomic E-state index is -0.0374. The maximum absolute atomic E-state index is 11.5. The summed E-state index contributed by atoms with van der Waals surface area (Å²) in [6.07, 6.45) is 4.55. The fraction of sp³-hybridized carbons (Fsp3) is 0.500. The molecular weight excluding hydrogens is 244 g/mol. The van der Waals surface area contributed by atoms with Gasteiger partial charge in [0.2, 0.25) is 0 Å². The van der Waals surface area contributed by atoms with Gasteiger partial charge in [0.1, 0.15) is 0 Å². The first kappa shape index (κ1) is 14.9. The molecule has 0 spiro atoms. The Morgan fingerprint density at radius 1 is 1.33 bits per heavy atom. The molecule has 0 aromatic heterocycles. The second-order valence-corrected chi connectivity index (χ2v) is 5.22. The lowest BCUT2D eigenvalue weighted by Crippen LogP contribution is -2.18. The highest BCUT2D eigenvalue weighted by Crippen LogP contribution is 2.16. The molecule has 0 fully saturated rings. The first-order valence-electron chi connectivity index (χ1n) is 6.24. The van der Waals surface area contributed by atoms with E-state index in [2.05, 4.69) is 16.9 Å². The minimum Gasteiger partial charge on any atom is -0.385 e. The number of carbonyl (C=O) groups is 1. The van der Waals surface area contributed by atoms with Crippen LogP contribution in [0.4, 0.5) is 5.69 Å². The predicted molar refractivity (Wildman–Crippen MR) is 80.7 cm³/mol. The van der Waals surface area contributed by atoms with Crippen LogP contribution in [0.25, 0.3) is 0 Å². The molecule has 3 nitrogen and oxygen atoms in total. The van der Waals surface area contributed by atoms with Crippen LogP contribution >= 0.6 is 11.8 Å². The Morgan fingerprint density at radius 2 is 2.11 bits per heavy atom. The number of rotatable bonds is 7. The zero-order valence-electron chi connectivity index (χ0n) is 11.4. The highest BCUT2D eigenvalue weighted by Gasteiger charge is 2.05. The van der Waals surface area contributed by atoms with Gasteiger partial charge in [0.15, 0.2) is 0 Å². The third-order valence-electron chi connectivity index (χ3n) is 2.81. The zero-order chi connectivity index (χ0) is 13.4. The Balaban J connectivity index is 2.49. The van der Waals surface area contributed by atoms with Crippen molar-refractivity contribution in [2.45, 2.75) is 19.8 Å². The minimum absolute atomic E-state index is 0.0374. The highest BCUT2D eigenvalue weighted by molar-refractivity contribution is 7.98. The molecule has 0 aliphatic carbocycles.